The molecule has 0 atom stereocenters. The largest absolute Gasteiger partial charge is 0.473 e. The number of rotatable bonds is 3. The Morgan fingerprint density at radius 3 is 3.05 bits per heavy atom. The summed E-state index contributed by atoms with van der Waals surface area (Å²) in [5, 5.41) is 3.28. The van der Waals surface area contributed by atoms with Crippen LogP contribution in [0.15, 0.2) is 18.3 Å². The molecule has 5 heteroatoms. The van der Waals surface area contributed by atoms with E-state index in [0.717, 1.165) is 25.9 Å². The third-order valence-corrected chi connectivity index (χ3v) is 2.91. The topological polar surface area (TPSA) is 60.5 Å². The minimum atomic E-state index is -0.538. The van der Waals surface area contributed by atoms with Crippen LogP contribution in [0.4, 0.5) is 0 Å². The summed E-state index contributed by atoms with van der Waals surface area (Å²) in [6.07, 6.45) is 3.70. The monoisotopic (exact) mass is 274 g/mol. The number of hydrogen-bond donors (Lipinski definition) is 1. The highest BCUT2D eigenvalue weighted by Crippen LogP contribution is 2.18. The number of aromatic nitrogens is 1. The molecule has 1 fully saturated rings. The maximum atomic E-state index is 11.3. The van der Waals surface area contributed by atoms with Crippen molar-refractivity contribution in [3.63, 3.8) is 0 Å². The van der Waals surface area contributed by atoms with Gasteiger partial charge in [0.25, 0.3) is 0 Å². The van der Waals surface area contributed by atoms with Crippen LogP contribution in [0.5, 0.6) is 5.88 Å². The van der Waals surface area contributed by atoms with E-state index in [2.05, 4.69) is 22.1 Å². The quantitative estimate of drug-likeness (QED) is 0.661. The number of carbonyl (C=O) groups excluding carboxylic acids is 1. The maximum absolute atomic E-state index is 11.3. The van der Waals surface area contributed by atoms with Crippen molar-refractivity contribution in [2.75, 3.05) is 19.7 Å². The van der Waals surface area contributed by atoms with Crippen LogP contribution in [0, 0.1) is 11.8 Å². The maximum Gasteiger partial charge on any atom is 0.384 e. The molecule has 0 spiro atoms. The van der Waals surface area contributed by atoms with Crippen LogP contribution in [0.3, 0.4) is 0 Å². The Morgan fingerprint density at radius 2 is 2.30 bits per heavy atom. The number of piperidine rings is 1. The van der Waals surface area contributed by atoms with Gasteiger partial charge < -0.3 is 14.8 Å². The fourth-order valence-electron chi connectivity index (χ4n) is 1.94. The second-order valence-electron chi connectivity index (χ2n) is 4.39. The van der Waals surface area contributed by atoms with Crippen LogP contribution in [0.1, 0.15) is 25.3 Å². The van der Waals surface area contributed by atoms with Crippen molar-refractivity contribution in [2.45, 2.75) is 25.9 Å². The Balaban J connectivity index is 2.07. The van der Waals surface area contributed by atoms with Crippen LogP contribution in [0.25, 0.3) is 0 Å². The lowest BCUT2D eigenvalue weighted by Crippen LogP contribution is -2.34. The number of ether oxygens (including phenoxy) is 2. The van der Waals surface area contributed by atoms with E-state index < -0.39 is 5.97 Å². The van der Waals surface area contributed by atoms with E-state index >= 15 is 0 Å². The minimum Gasteiger partial charge on any atom is -0.473 e. The molecule has 106 valence electrons. The molecular formula is C15H18N2O3. The number of esters is 1. The van der Waals surface area contributed by atoms with Crippen molar-refractivity contribution < 1.29 is 14.3 Å². The molecule has 0 aromatic carbocycles. The molecule has 0 bridgehead atoms. The van der Waals surface area contributed by atoms with Crippen LogP contribution in [-0.2, 0) is 9.53 Å². The molecular weight excluding hydrogens is 256 g/mol. The summed E-state index contributed by atoms with van der Waals surface area (Å²) in [7, 11) is 0. The minimum absolute atomic E-state index is 0.147. The zero-order valence-corrected chi connectivity index (χ0v) is 11.5. The molecule has 0 unspecified atom stereocenters. The van der Waals surface area contributed by atoms with Crippen molar-refractivity contribution in [3.8, 4) is 17.7 Å². The highest BCUT2D eigenvalue weighted by Gasteiger charge is 2.16. The molecule has 1 aromatic heterocycles. The van der Waals surface area contributed by atoms with Gasteiger partial charge in [0.15, 0.2) is 0 Å². The Morgan fingerprint density at radius 1 is 1.50 bits per heavy atom. The lowest BCUT2D eigenvalue weighted by Gasteiger charge is -2.23. The SMILES string of the molecule is CCOC(=O)C#Cc1cccnc1OC1CCNCC1. The summed E-state index contributed by atoms with van der Waals surface area (Å²) in [4.78, 5) is 15.5. The van der Waals surface area contributed by atoms with Gasteiger partial charge in [-0.2, -0.15) is 0 Å². The zero-order chi connectivity index (χ0) is 14.2. The summed E-state index contributed by atoms with van der Waals surface area (Å²) in [5.41, 5.74) is 0.610. The van der Waals surface area contributed by atoms with Gasteiger partial charge in [0, 0.05) is 12.1 Å². The molecule has 1 aliphatic rings. The van der Waals surface area contributed by atoms with E-state index in [1.165, 1.54) is 0 Å². The molecule has 0 aliphatic carbocycles. The first-order valence-corrected chi connectivity index (χ1v) is 6.80. The first-order valence-electron chi connectivity index (χ1n) is 6.80. The second kappa shape index (κ2) is 7.51. The number of pyridine rings is 1. The van der Waals surface area contributed by atoms with Crippen molar-refractivity contribution in [1.29, 1.82) is 0 Å². The lowest BCUT2D eigenvalue weighted by atomic mass is 10.1. The molecule has 2 rings (SSSR count). The van der Waals surface area contributed by atoms with Gasteiger partial charge in [0.1, 0.15) is 6.10 Å². The summed E-state index contributed by atoms with van der Waals surface area (Å²) < 4.78 is 10.6. The first-order chi connectivity index (χ1) is 9.79. The van der Waals surface area contributed by atoms with Crippen molar-refractivity contribution in [1.82, 2.24) is 10.3 Å². The molecule has 2 heterocycles. The zero-order valence-electron chi connectivity index (χ0n) is 11.5. The van der Waals surface area contributed by atoms with Gasteiger partial charge in [-0.25, -0.2) is 9.78 Å². The van der Waals surface area contributed by atoms with Crippen LogP contribution in [-0.4, -0.2) is 36.8 Å². The van der Waals surface area contributed by atoms with Gasteiger partial charge in [0.05, 0.1) is 12.2 Å². The second-order valence-corrected chi connectivity index (χ2v) is 4.39. The summed E-state index contributed by atoms with van der Waals surface area (Å²) in [6, 6.07) is 3.56. The van der Waals surface area contributed by atoms with E-state index in [-0.39, 0.29) is 6.10 Å². The summed E-state index contributed by atoms with van der Waals surface area (Å²) in [6.45, 7) is 3.96. The average Bonchev–Trinajstić information content (AvgIpc) is 2.48. The average molecular weight is 274 g/mol. The van der Waals surface area contributed by atoms with E-state index in [1.807, 2.05) is 0 Å². The third-order valence-electron chi connectivity index (χ3n) is 2.91. The molecule has 0 radical (unpaired) electrons. The van der Waals surface area contributed by atoms with Crippen molar-refractivity contribution in [3.05, 3.63) is 23.9 Å². The Hall–Kier alpha value is -2.06. The molecule has 0 amide bonds. The van der Waals surface area contributed by atoms with Gasteiger partial charge in [-0.05, 0) is 50.9 Å². The van der Waals surface area contributed by atoms with Gasteiger partial charge in [-0.3, -0.25) is 0 Å². The normalized spacial score (nSPS) is 15.1. The van der Waals surface area contributed by atoms with E-state index in [0.29, 0.717) is 18.1 Å². The van der Waals surface area contributed by atoms with Crippen LogP contribution < -0.4 is 10.1 Å². The number of nitrogens with one attached hydrogen (secondary N) is 1. The molecule has 20 heavy (non-hydrogen) atoms. The molecule has 1 aliphatic heterocycles. The summed E-state index contributed by atoms with van der Waals surface area (Å²) >= 11 is 0. The summed E-state index contributed by atoms with van der Waals surface area (Å²) in [5.74, 6) is 5.14. The predicted molar refractivity (Wildman–Crippen MR) is 74.3 cm³/mol. The molecule has 1 N–H and O–H groups in total. The van der Waals surface area contributed by atoms with Crippen LogP contribution >= 0.6 is 0 Å². The number of hydrogen-bond acceptors (Lipinski definition) is 5. The fraction of sp³-hybridized carbons (Fsp3) is 0.467. The highest BCUT2D eigenvalue weighted by atomic mass is 16.5. The number of carbonyl (C=O) groups is 1. The van der Waals surface area contributed by atoms with E-state index in [4.69, 9.17) is 9.47 Å². The Bertz CT molecular complexity index is 513. The van der Waals surface area contributed by atoms with Crippen molar-refractivity contribution in [2.24, 2.45) is 0 Å². The highest BCUT2D eigenvalue weighted by molar-refractivity contribution is 5.89. The molecule has 5 nitrogen and oxygen atoms in total. The Kier molecular flexibility index (Phi) is 5.39. The van der Waals surface area contributed by atoms with Gasteiger partial charge in [-0.1, -0.05) is 0 Å². The number of nitrogens with zero attached hydrogens (tertiary/aromatic N) is 1. The van der Waals surface area contributed by atoms with Crippen molar-refractivity contribution >= 4 is 5.97 Å². The fourth-order valence-corrected chi connectivity index (χ4v) is 1.94. The smallest absolute Gasteiger partial charge is 0.384 e. The molecule has 1 aromatic rings. The molecule has 0 saturated carbocycles. The van der Waals surface area contributed by atoms with Gasteiger partial charge >= 0.3 is 5.97 Å². The standard InChI is InChI=1S/C15H18N2O3/c1-2-19-14(18)6-5-12-4-3-9-17-15(12)20-13-7-10-16-11-8-13/h3-4,9,13,16H,2,7-8,10-11H2,1H3. The lowest BCUT2D eigenvalue weighted by molar-refractivity contribution is -0.136. The predicted octanol–water partition coefficient (Wildman–Crippen LogP) is 1.13. The molecule has 1 saturated heterocycles. The van der Waals surface area contributed by atoms with E-state index in [1.54, 1.807) is 25.3 Å². The first kappa shape index (κ1) is 14.4. The van der Waals surface area contributed by atoms with Gasteiger partial charge in [-0.15, -0.1) is 0 Å². The van der Waals surface area contributed by atoms with E-state index in [9.17, 15) is 4.79 Å². The Labute approximate surface area is 118 Å². The van der Waals surface area contributed by atoms with Crippen LogP contribution in [0.2, 0.25) is 0 Å². The third kappa shape index (κ3) is 4.25. The van der Waals surface area contributed by atoms with Gasteiger partial charge in [0.2, 0.25) is 5.88 Å².